The van der Waals surface area contributed by atoms with E-state index in [0.717, 1.165) is 53.0 Å². The summed E-state index contributed by atoms with van der Waals surface area (Å²) in [6.07, 6.45) is 2.07. The van der Waals surface area contributed by atoms with E-state index in [0.29, 0.717) is 33.7 Å². The maximum Gasteiger partial charge on any atom is 0.345 e. The molecular weight excluding hydrogens is 536 g/mol. The first-order valence-corrected chi connectivity index (χ1v) is 14.9. The fourth-order valence-corrected chi connectivity index (χ4v) is 7.05. The first-order chi connectivity index (χ1) is 20.6. The van der Waals surface area contributed by atoms with Crippen LogP contribution in [0.1, 0.15) is 51.7 Å². The summed E-state index contributed by atoms with van der Waals surface area (Å²) in [5.41, 5.74) is 5.45. The Bertz CT molecular complexity index is 2250. The number of nitrogens with zero attached hydrogens (tertiary/aromatic N) is 2. The lowest BCUT2D eigenvalue weighted by atomic mass is 9.69. The Morgan fingerprint density at radius 3 is 2.02 bits per heavy atom. The quantitative estimate of drug-likeness (QED) is 0.156. The minimum Gasteiger partial charge on any atom is -0.422 e. The molecule has 6 nitrogen and oxygen atoms in total. The molecule has 3 aromatic carbocycles. The number of hydrogen-bond acceptors (Lipinski definition) is 6. The van der Waals surface area contributed by atoms with Crippen LogP contribution in [0, 0.1) is 0 Å². The van der Waals surface area contributed by atoms with E-state index in [9.17, 15) is 9.59 Å². The highest BCUT2D eigenvalue weighted by Crippen LogP contribution is 2.51. The minimum absolute atomic E-state index is 0.00605. The molecule has 0 saturated heterocycles. The van der Waals surface area contributed by atoms with Gasteiger partial charge < -0.3 is 13.7 Å². The zero-order valence-electron chi connectivity index (χ0n) is 24.8. The number of fused-ring (bicyclic) bond motifs is 4. The van der Waals surface area contributed by atoms with Gasteiger partial charge in [0.05, 0.1) is 22.5 Å². The second-order valence-corrected chi connectivity index (χ2v) is 13.4. The molecule has 0 atom stereocenters. The maximum absolute atomic E-state index is 13.6. The minimum atomic E-state index is -0.474. The fourth-order valence-electron chi connectivity index (χ4n) is 7.05. The molecular formula is C37H32N2O4. The van der Waals surface area contributed by atoms with Crippen LogP contribution in [0.2, 0.25) is 0 Å². The van der Waals surface area contributed by atoms with E-state index in [1.165, 1.54) is 11.3 Å². The molecule has 0 amide bonds. The van der Waals surface area contributed by atoms with Gasteiger partial charge in [-0.25, -0.2) is 14.6 Å². The predicted octanol–water partition coefficient (Wildman–Crippen LogP) is 7.95. The Labute approximate surface area is 248 Å². The number of hydrogen-bond donors (Lipinski definition) is 0. The van der Waals surface area contributed by atoms with Crippen molar-refractivity contribution in [3.63, 3.8) is 0 Å². The number of aromatic nitrogens is 1. The van der Waals surface area contributed by atoms with E-state index in [-0.39, 0.29) is 10.8 Å². The van der Waals surface area contributed by atoms with Gasteiger partial charge in [0.2, 0.25) is 0 Å². The third-order valence-electron chi connectivity index (χ3n) is 9.63. The Morgan fingerprint density at radius 2 is 1.30 bits per heavy atom. The molecule has 5 heterocycles. The maximum atomic E-state index is 13.6. The van der Waals surface area contributed by atoms with Crippen LogP contribution in [0.25, 0.3) is 55.2 Å². The van der Waals surface area contributed by atoms with E-state index in [1.807, 2.05) is 54.6 Å². The Morgan fingerprint density at radius 1 is 0.674 bits per heavy atom. The van der Waals surface area contributed by atoms with E-state index in [1.54, 1.807) is 12.1 Å². The average Bonchev–Trinajstić information content (AvgIpc) is 2.98. The summed E-state index contributed by atoms with van der Waals surface area (Å²) in [5.74, 6) is 0. The van der Waals surface area contributed by atoms with Crippen LogP contribution in [0.3, 0.4) is 0 Å². The van der Waals surface area contributed by atoms with Crippen molar-refractivity contribution < 1.29 is 8.83 Å². The SMILES string of the molecule is CC1(C)CCN2CCC(C)(C)c3c2c1cc1cc(-c2cccc(-c4cc5cc6ccccc6cc5oc4=O)n2)c(=O)oc31. The monoisotopic (exact) mass is 568 g/mol. The molecule has 0 radical (unpaired) electrons. The summed E-state index contributed by atoms with van der Waals surface area (Å²) in [6.45, 7) is 11.1. The average molecular weight is 569 g/mol. The second-order valence-electron chi connectivity index (χ2n) is 13.4. The summed E-state index contributed by atoms with van der Waals surface area (Å²) < 4.78 is 11.9. The van der Waals surface area contributed by atoms with E-state index in [4.69, 9.17) is 13.8 Å². The van der Waals surface area contributed by atoms with Crippen LogP contribution >= 0.6 is 0 Å². The Kier molecular flexibility index (Phi) is 5.37. The van der Waals surface area contributed by atoms with Gasteiger partial charge >= 0.3 is 11.3 Å². The largest absolute Gasteiger partial charge is 0.422 e. The first kappa shape index (κ1) is 26.0. The van der Waals surface area contributed by atoms with Crippen molar-refractivity contribution in [2.45, 2.75) is 51.4 Å². The molecule has 0 spiro atoms. The lowest BCUT2D eigenvalue weighted by Crippen LogP contribution is -2.44. The normalized spacial score (nSPS) is 17.0. The smallest absolute Gasteiger partial charge is 0.345 e. The van der Waals surface area contributed by atoms with Gasteiger partial charge in [-0.05, 0) is 82.5 Å². The number of benzene rings is 3. The molecule has 0 bridgehead atoms. The molecule has 43 heavy (non-hydrogen) atoms. The molecule has 0 fully saturated rings. The third-order valence-corrected chi connectivity index (χ3v) is 9.63. The van der Waals surface area contributed by atoms with Crippen molar-refractivity contribution in [2.24, 2.45) is 0 Å². The van der Waals surface area contributed by atoms with Crippen LogP contribution < -0.4 is 16.2 Å². The zero-order valence-corrected chi connectivity index (χ0v) is 24.8. The van der Waals surface area contributed by atoms with Crippen LogP contribution in [0.15, 0.2) is 91.2 Å². The van der Waals surface area contributed by atoms with Crippen molar-refractivity contribution in [3.8, 4) is 22.5 Å². The second kappa shape index (κ2) is 8.90. The predicted molar refractivity (Wildman–Crippen MR) is 172 cm³/mol. The summed E-state index contributed by atoms with van der Waals surface area (Å²) >= 11 is 0. The zero-order chi connectivity index (χ0) is 29.7. The van der Waals surface area contributed by atoms with Gasteiger partial charge in [0, 0.05) is 35.1 Å². The third kappa shape index (κ3) is 3.96. The van der Waals surface area contributed by atoms with Crippen LogP contribution in [0.5, 0.6) is 0 Å². The molecule has 0 N–H and O–H groups in total. The Balaban J connectivity index is 1.30. The van der Waals surface area contributed by atoms with Crippen LogP contribution in [0.4, 0.5) is 5.69 Å². The molecule has 3 aromatic heterocycles. The lowest BCUT2D eigenvalue weighted by molar-refractivity contribution is 0.398. The molecule has 6 aromatic rings. The topological polar surface area (TPSA) is 76.6 Å². The molecule has 0 aliphatic carbocycles. The van der Waals surface area contributed by atoms with Gasteiger partial charge in [-0.2, -0.15) is 0 Å². The van der Waals surface area contributed by atoms with Crippen LogP contribution in [-0.4, -0.2) is 18.1 Å². The standard InChI is InChI=1S/C37H32N2O4/c1-36(2)12-14-39-15-13-37(3,4)31-32(39)27(36)19-24-18-26(35(41)43-33(24)31)29-11-7-10-28(38-29)25-17-23-16-21-8-5-6-9-22(21)20-30(23)42-34(25)40/h5-11,16-20H,12-15H2,1-4H3. The van der Waals surface area contributed by atoms with Gasteiger partial charge in [-0.1, -0.05) is 58.0 Å². The number of rotatable bonds is 2. The fraction of sp³-hybridized carbons (Fsp3) is 0.270. The summed E-state index contributed by atoms with van der Waals surface area (Å²) in [5, 5.41) is 3.77. The molecule has 2 aliphatic rings. The summed E-state index contributed by atoms with van der Waals surface area (Å²) in [6, 6.07) is 23.2. The van der Waals surface area contributed by atoms with E-state index < -0.39 is 11.3 Å². The van der Waals surface area contributed by atoms with Gasteiger partial charge in [0.25, 0.3) is 0 Å². The number of pyridine rings is 1. The van der Waals surface area contributed by atoms with Gasteiger partial charge in [0.1, 0.15) is 11.2 Å². The molecule has 2 aliphatic heterocycles. The highest BCUT2D eigenvalue weighted by molar-refractivity contribution is 5.97. The van der Waals surface area contributed by atoms with E-state index >= 15 is 0 Å². The van der Waals surface area contributed by atoms with Crippen molar-refractivity contribution in [1.82, 2.24) is 4.98 Å². The highest BCUT2D eigenvalue weighted by atomic mass is 16.4. The van der Waals surface area contributed by atoms with Crippen molar-refractivity contribution in [1.29, 1.82) is 0 Å². The highest BCUT2D eigenvalue weighted by Gasteiger charge is 2.42. The molecule has 0 unspecified atom stereocenters. The van der Waals surface area contributed by atoms with Crippen molar-refractivity contribution in [3.05, 3.63) is 105 Å². The molecule has 0 saturated carbocycles. The Hall–Kier alpha value is -4.71. The van der Waals surface area contributed by atoms with Crippen molar-refractivity contribution in [2.75, 3.05) is 18.0 Å². The summed E-state index contributed by atoms with van der Waals surface area (Å²) in [7, 11) is 0. The van der Waals surface area contributed by atoms with Crippen molar-refractivity contribution >= 4 is 38.4 Å². The molecule has 6 heteroatoms. The van der Waals surface area contributed by atoms with Gasteiger partial charge in [-0.3, -0.25) is 0 Å². The van der Waals surface area contributed by atoms with Gasteiger partial charge in [-0.15, -0.1) is 0 Å². The lowest BCUT2D eigenvalue weighted by Gasteiger charge is -2.48. The first-order valence-electron chi connectivity index (χ1n) is 14.9. The van der Waals surface area contributed by atoms with Crippen LogP contribution in [-0.2, 0) is 10.8 Å². The number of anilines is 1. The molecule has 214 valence electrons. The van der Waals surface area contributed by atoms with E-state index in [2.05, 4.69) is 38.7 Å². The van der Waals surface area contributed by atoms with Gasteiger partial charge in [0.15, 0.2) is 0 Å². The summed E-state index contributed by atoms with van der Waals surface area (Å²) in [4.78, 5) is 34.0. The molecule has 8 rings (SSSR count).